The van der Waals surface area contributed by atoms with Crippen LogP contribution in [0.5, 0.6) is 17.2 Å². The molecule has 0 radical (unpaired) electrons. The summed E-state index contributed by atoms with van der Waals surface area (Å²) in [6.45, 7) is 1.87. The number of aryl methyl sites for hydroxylation is 1. The van der Waals surface area contributed by atoms with Gasteiger partial charge >= 0.3 is 0 Å². The molecule has 0 aliphatic heterocycles. The molecule has 5 rings (SSSR count). The Kier molecular flexibility index (Phi) is 8.16. The number of rotatable bonds is 3. The van der Waals surface area contributed by atoms with Crippen molar-refractivity contribution < 1.29 is 15.3 Å². The molecule has 0 amide bonds. The van der Waals surface area contributed by atoms with Gasteiger partial charge in [-0.2, -0.15) is 0 Å². The molecule has 3 N–H and O–H groups in total. The topological polar surface area (TPSA) is 60.7 Å². The third-order valence-electron chi connectivity index (χ3n) is 7.60. The maximum atomic E-state index is 10.5. The van der Waals surface area contributed by atoms with Crippen LogP contribution in [0.1, 0.15) is 92.7 Å². The number of aromatic hydroxyl groups is 3. The van der Waals surface area contributed by atoms with Gasteiger partial charge in [-0.15, -0.1) is 0 Å². The van der Waals surface area contributed by atoms with E-state index in [1.165, 1.54) is 75.3 Å². The van der Waals surface area contributed by atoms with Crippen molar-refractivity contribution in [1.29, 1.82) is 0 Å². The molecular formula is C31H38O3. The van der Waals surface area contributed by atoms with Gasteiger partial charge in [-0.1, -0.05) is 68.9 Å². The number of benzene rings is 3. The lowest BCUT2D eigenvalue weighted by atomic mass is 9.81. The third-order valence-corrected chi connectivity index (χ3v) is 7.60. The Morgan fingerprint density at radius 2 is 0.971 bits per heavy atom. The summed E-state index contributed by atoms with van der Waals surface area (Å²) in [5.74, 6) is 2.08. The monoisotopic (exact) mass is 458 g/mol. The predicted molar refractivity (Wildman–Crippen MR) is 140 cm³/mol. The van der Waals surface area contributed by atoms with Crippen LogP contribution in [0.4, 0.5) is 0 Å². The van der Waals surface area contributed by atoms with Crippen molar-refractivity contribution in [3.05, 3.63) is 77.4 Å². The van der Waals surface area contributed by atoms with E-state index in [9.17, 15) is 10.2 Å². The molecule has 0 saturated heterocycles. The largest absolute Gasteiger partial charge is 0.508 e. The minimum Gasteiger partial charge on any atom is -0.508 e. The van der Waals surface area contributed by atoms with Gasteiger partial charge in [0.25, 0.3) is 0 Å². The molecule has 0 spiro atoms. The summed E-state index contributed by atoms with van der Waals surface area (Å²) in [7, 11) is 0. The van der Waals surface area contributed by atoms with Gasteiger partial charge in [0.1, 0.15) is 17.2 Å². The molecule has 3 nitrogen and oxygen atoms in total. The van der Waals surface area contributed by atoms with Gasteiger partial charge < -0.3 is 15.3 Å². The second kappa shape index (κ2) is 11.5. The summed E-state index contributed by atoms with van der Waals surface area (Å²) in [5.41, 5.74) is 5.10. The zero-order valence-corrected chi connectivity index (χ0v) is 20.3. The fourth-order valence-electron chi connectivity index (χ4n) is 5.48. The van der Waals surface area contributed by atoms with Crippen molar-refractivity contribution in [1.82, 2.24) is 0 Å². The van der Waals surface area contributed by atoms with Crippen molar-refractivity contribution in [2.75, 3.05) is 0 Å². The fourth-order valence-corrected chi connectivity index (χ4v) is 5.48. The summed E-state index contributed by atoms with van der Waals surface area (Å²) in [5, 5.41) is 29.9. The molecule has 3 aromatic rings. The van der Waals surface area contributed by atoms with Crippen molar-refractivity contribution in [2.45, 2.75) is 83.0 Å². The Hall–Kier alpha value is -2.94. The normalized spacial score (nSPS) is 17.1. The van der Waals surface area contributed by atoms with Crippen LogP contribution in [0.2, 0.25) is 0 Å². The van der Waals surface area contributed by atoms with Gasteiger partial charge in [-0.3, -0.25) is 0 Å². The van der Waals surface area contributed by atoms with E-state index >= 15 is 0 Å². The molecule has 2 fully saturated rings. The molecule has 0 heterocycles. The van der Waals surface area contributed by atoms with Gasteiger partial charge in [0.05, 0.1) is 0 Å². The minimum atomic E-state index is 0.264. The number of para-hydroxylation sites is 1. The van der Waals surface area contributed by atoms with Crippen molar-refractivity contribution in [3.8, 4) is 28.4 Å². The first kappa shape index (κ1) is 24.2. The molecule has 3 heteroatoms. The Labute approximate surface area is 204 Å². The minimum absolute atomic E-state index is 0.264. The first-order valence-corrected chi connectivity index (χ1v) is 12.9. The molecule has 0 bridgehead atoms. The molecule has 34 heavy (non-hydrogen) atoms. The second-order valence-electron chi connectivity index (χ2n) is 10.0. The molecule has 180 valence electrons. The maximum Gasteiger partial charge on any atom is 0.123 e. The highest BCUT2D eigenvalue weighted by Gasteiger charge is 2.20. The van der Waals surface area contributed by atoms with E-state index in [4.69, 9.17) is 5.11 Å². The zero-order chi connectivity index (χ0) is 23.9. The van der Waals surface area contributed by atoms with E-state index in [0.29, 0.717) is 17.6 Å². The number of hydrogen-bond donors (Lipinski definition) is 3. The van der Waals surface area contributed by atoms with Crippen molar-refractivity contribution in [3.63, 3.8) is 0 Å². The second-order valence-corrected chi connectivity index (χ2v) is 10.0. The lowest BCUT2D eigenvalue weighted by Gasteiger charge is -2.24. The van der Waals surface area contributed by atoms with E-state index in [1.807, 2.05) is 37.3 Å². The van der Waals surface area contributed by atoms with Crippen LogP contribution < -0.4 is 0 Å². The highest BCUT2D eigenvalue weighted by atomic mass is 16.3. The maximum absolute atomic E-state index is 10.5. The van der Waals surface area contributed by atoms with Gasteiger partial charge in [0.2, 0.25) is 0 Å². The standard InChI is InChI=1S/C24H30O2.C7H8O/c25-23-13-11-19(17-7-3-1-4-8-17)15-21(23)22-16-20(12-14-24(22)26)18-9-5-2-6-10-18;1-6-4-2-3-5-7(6)8/h11-18,25-26H,1-10H2;2-5,8H,1H3. The molecule has 3 aromatic carbocycles. The smallest absolute Gasteiger partial charge is 0.123 e. The summed E-state index contributed by atoms with van der Waals surface area (Å²) < 4.78 is 0. The average molecular weight is 459 g/mol. The van der Waals surface area contributed by atoms with Crippen molar-refractivity contribution >= 4 is 0 Å². The molecule has 0 aromatic heterocycles. The van der Waals surface area contributed by atoms with E-state index in [1.54, 1.807) is 6.07 Å². The van der Waals surface area contributed by atoms with Gasteiger partial charge in [-0.05, 0) is 91.5 Å². The van der Waals surface area contributed by atoms with Gasteiger partial charge in [0.15, 0.2) is 0 Å². The number of hydrogen-bond acceptors (Lipinski definition) is 3. The van der Waals surface area contributed by atoms with Crippen LogP contribution in [0.25, 0.3) is 11.1 Å². The summed E-state index contributed by atoms with van der Waals surface area (Å²) in [6, 6.07) is 19.2. The Balaban J connectivity index is 0.000000291. The Morgan fingerprint density at radius 3 is 1.35 bits per heavy atom. The molecule has 2 aliphatic rings. The predicted octanol–water partition coefficient (Wildman–Crippen LogP) is 8.56. The Morgan fingerprint density at radius 1 is 0.529 bits per heavy atom. The van der Waals surface area contributed by atoms with Crippen LogP contribution in [0, 0.1) is 6.92 Å². The zero-order valence-electron chi connectivity index (χ0n) is 20.3. The van der Waals surface area contributed by atoms with Crippen LogP contribution in [-0.4, -0.2) is 15.3 Å². The molecule has 0 atom stereocenters. The van der Waals surface area contributed by atoms with Crippen LogP contribution >= 0.6 is 0 Å². The first-order chi connectivity index (χ1) is 16.5. The van der Waals surface area contributed by atoms with Gasteiger partial charge in [-0.25, -0.2) is 0 Å². The molecule has 0 unspecified atom stereocenters. The van der Waals surface area contributed by atoms with Crippen LogP contribution in [0.15, 0.2) is 60.7 Å². The quantitative estimate of drug-likeness (QED) is 0.368. The highest BCUT2D eigenvalue weighted by Crippen LogP contribution is 2.42. The third kappa shape index (κ3) is 5.94. The summed E-state index contributed by atoms with van der Waals surface area (Å²) in [6.07, 6.45) is 12.8. The van der Waals surface area contributed by atoms with Crippen LogP contribution in [0.3, 0.4) is 0 Å². The van der Waals surface area contributed by atoms with E-state index in [-0.39, 0.29) is 11.5 Å². The molecule has 2 saturated carbocycles. The average Bonchev–Trinajstić information content (AvgIpc) is 2.88. The summed E-state index contributed by atoms with van der Waals surface area (Å²) >= 11 is 0. The van der Waals surface area contributed by atoms with E-state index < -0.39 is 0 Å². The number of phenolic OH excluding ortho intramolecular Hbond substituents is 3. The fraction of sp³-hybridized carbons (Fsp3) is 0.419. The summed E-state index contributed by atoms with van der Waals surface area (Å²) in [4.78, 5) is 0. The lowest BCUT2D eigenvalue weighted by Crippen LogP contribution is -2.05. The molecular weight excluding hydrogens is 420 g/mol. The van der Waals surface area contributed by atoms with E-state index in [2.05, 4.69) is 24.3 Å². The highest BCUT2D eigenvalue weighted by molar-refractivity contribution is 5.76. The van der Waals surface area contributed by atoms with Crippen molar-refractivity contribution in [2.24, 2.45) is 0 Å². The number of phenols is 3. The lowest BCUT2D eigenvalue weighted by molar-refractivity contribution is 0.440. The van der Waals surface area contributed by atoms with Crippen LogP contribution in [-0.2, 0) is 0 Å². The van der Waals surface area contributed by atoms with E-state index in [0.717, 1.165) is 16.7 Å². The Bertz CT molecular complexity index is 989. The molecule has 2 aliphatic carbocycles. The van der Waals surface area contributed by atoms with Gasteiger partial charge in [0, 0.05) is 11.1 Å². The first-order valence-electron chi connectivity index (χ1n) is 12.9. The SMILES string of the molecule is Cc1ccccc1O.Oc1ccc(C2CCCCC2)cc1-c1cc(C2CCCCC2)ccc1O.